The van der Waals surface area contributed by atoms with Crippen LogP contribution in [0.15, 0.2) is 28.4 Å². The van der Waals surface area contributed by atoms with Crippen molar-refractivity contribution in [1.29, 1.82) is 0 Å². The summed E-state index contributed by atoms with van der Waals surface area (Å²) in [6, 6.07) is 0. The number of aliphatic carboxylic acids is 1. The highest BCUT2D eigenvalue weighted by Gasteiger charge is 2.23. The Bertz CT molecular complexity index is 635. The largest absolute Gasteiger partial charge is 0.481 e. The number of nitrogens with zero attached hydrogens (tertiary/aromatic N) is 1. The van der Waals surface area contributed by atoms with Crippen LogP contribution in [0.3, 0.4) is 0 Å². The molecule has 0 radical (unpaired) electrons. The molecule has 0 saturated carbocycles. The van der Waals surface area contributed by atoms with Gasteiger partial charge in [0.15, 0.2) is 6.23 Å². The van der Waals surface area contributed by atoms with Gasteiger partial charge < -0.3 is 15.3 Å². The SMILES string of the molecule is CC(C)(S)CC(=O)NNC1=C2C=CC(OCCCC(=O)O)N=C2CCC1. The van der Waals surface area contributed by atoms with Gasteiger partial charge in [0, 0.05) is 34.6 Å². The molecule has 0 aromatic carbocycles. The molecule has 2 aliphatic rings. The second-order valence-corrected chi connectivity index (χ2v) is 8.31. The highest BCUT2D eigenvalue weighted by Crippen LogP contribution is 2.26. The number of aliphatic imine (C=N–C) groups is 1. The number of carboxylic acid groups (broad SMARTS) is 1. The van der Waals surface area contributed by atoms with Gasteiger partial charge in [0.2, 0.25) is 5.91 Å². The standard InChI is InChI=1S/C18H27N3O4S/c1-18(2,26)11-15(22)21-20-14-6-3-5-13-12(14)8-9-16(19-13)25-10-4-7-17(23)24/h8-9,16,20,26H,3-7,10-11H2,1-2H3,(H,21,22)(H,23,24). The van der Waals surface area contributed by atoms with Gasteiger partial charge in [-0.15, -0.1) is 0 Å². The van der Waals surface area contributed by atoms with Gasteiger partial charge in [0.05, 0.1) is 6.61 Å². The van der Waals surface area contributed by atoms with E-state index in [2.05, 4.69) is 28.5 Å². The monoisotopic (exact) mass is 381 g/mol. The number of dihydropyridines is 1. The summed E-state index contributed by atoms with van der Waals surface area (Å²) in [5.74, 6) is -0.933. The summed E-state index contributed by atoms with van der Waals surface area (Å²) in [5, 5.41) is 8.64. The molecule has 1 aliphatic carbocycles. The normalized spacial score (nSPS) is 19.7. The smallest absolute Gasteiger partial charge is 0.303 e. The molecule has 8 heteroatoms. The van der Waals surface area contributed by atoms with Crippen LogP contribution in [0.2, 0.25) is 0 Å². The van der Waals surface area contributed by atoms with Gasteiger partial charge in [-0.2, -0.15) is 12.6 Å². The average Bonchev–Trinajstić information content (AvgIpc) is 2.55. The molecule has 3 N–H and O–H groups in total. The third-order valence-corrected chi connectivity index (χ3v) is 4.11. The topological polar surface area (TPSA) is 100 Å². The lowest BCUT2D eigenvalue weighted by molar-refractivity contribution is -0.137. The van der Waals surface area contributed by atoms with Crippen molar-refractivity contribution in [3.63, 3.8) is 0 Å². The van der Waals surface area contributed by atoms with E-state index >= 15 is 0 Å². The zero-order chi connectivity index (χ0) is 19.2. The van der Waals surface area contributed by atoms with Crippen LogP contribution < -0.4 is 10.9 Å². The van der Waals surface area contributed by atoms with Crippen molar-refractivity contribution >= 4 is 30.2 Å². The number of carboxylic acids is 1. The molecule has 1 atom stereocenters. The Hall–Kier alpha value is -1.80. The molecular formula is C18H27N3O4S. The first-order chi connectivity index (χ1) is 12.2. The number of allylic oxidation sites excluding steroid dienone is 3. The van der Waals surface area contributed by atoms with Crippen LogP contribution in [-0.2, 0) is 14.3 Å². The lowest BCUT2D eigenvalue weighted by atomic mass is 9.92. The number of hydrazine groups is 1. The molecular weight excluding hydrogens is 354 g/mol. The molecule has 1 heterocycles. The third kappa shape index (κ3) is 6.84. The quantitative estimate of drug-likeness (QED) is 0.279. The molecule has 0 bridgehead atoms. The van der Waals surface area contributed by atoms with Gasteiger partial charge in [0.1, 0.15) is 0 Å². The van der Waals surface area contributed by atoms with E-state index < -0.39 is 5.97 Å². The first kappa shape index (κ1) is 20.5. The first-order valence-corrected chi connectivity index (χ1v) is 9.28. The summed E-state index contributed by atoms with van der Waals surface area (Å²) in [4.78, 5) is 27.1. The summed E-state index contributed by atoms with van der Waals surface area (Å²) in [6.07, 6.45) is 6.95. The number of hydrogen-bond donors (Lipinski definition) is 4. The molecule has 2 rings (SSSR count). The minimum absolute atomic E-state index is 0.0923. The van der Waals surface area contributed by atoms with Crippen molar-refractivity contribution in [2.75, 3.05) is 6.61 Å². The molecule has 1 amide bonds. The number of carbonyl (C=O) groups excluding carboxylic acids is 1. The molecule has 0 aromatic heterocycles. The van der Waals surface area contributed by atoms with Gasteiger partial charge in [0.25, 0.3) is 0 Å². The van der Waals surface area contributed by atoms with Crippen LogP contribution in [0.5, 0.6) is 0 Å². The van der Waals surface area contributed by atoms with Crippen molar-refractivity contribution in [2.24, 2.45) is 4.99 Å². The maximum atomic E-state index is 12.0. The summed E-state index contributed by atoms with van der Waals surface area (Å²) >= 11 is 4.37. The predicted molar refractivity (Wildman–Crippen MR) is 103 cm³/mol. The number of thiol groups is 1. The Morgan fingerprint density at radius 3 is 2.88 bits per heavy atom. The van der Waals surface area contributed by atoms with Crippen LogP contribution in [0, 0.1) is 0 Å². The lowest BCUT2D eigenvalue weighted by Gasteiger charge is -2.26. The van der Waals surface area contributed by atoms with E-state index in [4.69, 9.17) is 9.84 Å². The fourth-order valence-corrected chi connectivity index (χ4v) is 2.96. The van der Waals surface area contributed by atoms with E-state index in [1.54, 1.807) is 0 Å². The van der Waals surface area contributed by atoms with E-state index in [1.165, 1.54) is 0 Å². The van der Waals surface area contributed by atoms with Crippen LogP contribution in [0.1, 0.15) is 52.4 Å². The summed E-state index contributed by atoms with van der Waals surface area (Å²) in [6.45, 7) is 4.14. The second-order valence-electron chi connectivity index (χ2n) is 7.10. The van der Waals surface area contributed by atoms with Gasteiger partial charge >= 0.3 is 5.97 Å². The fourth-order valence-electron chi connectivity index (χ4n) is 2.81. The molecule has 0 saturated heterocycles. The highest BCUT2D eigenvalue weighted by atomic mass is 32.1. The molecule has 0 aromatic rings. The maximum Gasteiger partial charge on any atom is 0.303 e. The minimum atomic E-state index is -0.823. The number of nitrogens with one attached hydrogen (secondary N) is 2. The molecule has 26 heavy (non-hydrogen) atoms. The van der Waals surface area contributed by atoms with Crippen molar-refractivity contribution in [1.82, 2.24) is 10.9 Å². The van der Waals surface area contributed by atoms with E-state index in [-0.39, 0.29) is 23.3 Å². The van der Waals surface area contributed by atoms with E-state index in [0.717, 1.165) is 36.2 Å². The molecule has 144 valence electrons. The number of amides is 1. The number of carbonyl (C=O) groups is 2. The van der Waals surface area contributed by atoms with Gasteiger partial charge in [-0.3, -0.25) is 20.0 Å². The summed E-state index contributed by atoms with van der Waals surface area (Å²) < 4.78 is 5.25. The van der Waals surface area contributed by atoms with E-state index in [0.29, 0.717) is 19.4 Å². The van der Waals surface area contributed by atoms with Gasteiger partial charge in [-0.25, -0.2) is 0 Å². The maximum absolute atomic E-state index is 12.0. The van der Waals surface area contributed by atoms with Crippen LogP contribution in [0.4, 0.5) is 0 Å². The number of fused-ring (bicyclic) bond motifs is 1. The Morgan fingerprint density at radius 2 is 2.19 bits per heavy atom. The molecule has 1 unspecified atom stereocenters. The Kier molecular flexibility index (Phi) is 7.28. The molecule has 0 spiro atoms. The van der Waals surface area contributed by atoms with Crippen LogP contribution in [-0.4, -0.2) is 40.3 Å². The summed E-state index contributed by atoms with van der Waals surface area (Å²) in [7, 11) is 0. The zero-order valence-electron chi connectivity index (χ0n) is 15.2. The average molecular weight is 381 g/mol. The van der Waals surface area contributed by atoms with Crippen molar-refractivity contribution in [3.8, 4) is 0 Å². The number of hydrogen-bond acceptors (Lipinski definition) is 6. The Labute approximate surface area is 159 Å². The van der Waals surface area contributed by atoms with Gasteiger partial charge in [-0.05, 0) is 31.8 Å². The molecule has 0 fully saturated rings. The van der Waals surface area contributed by atoms with Crippen molar-refractivity contribution in [2.45, 2.75) is 63.3 Å². The van der Waals surface area contributed by atoms with E-state index in [1.807, 2.05) is 26.0 Å². The molecule has 7 nitrogen and oxygen atoms in total. The fraction of sp³-hybridized carbons (Fsp3) is 0.611. The second kappa shape index (κ2) is 9.23. The Morgan fingerprint density at radius 1 is 1.42 bits per heavy atom. The van der Waals surface area contributed by atoms with Crippen molar-refractivity contribution < 1.29 is 19.4 Å². The first-order valence-electron chi connectivity index (χ1n) is 8.83. The van der Waals surface area contributed by atoms with Gasteiger partial charge in [-0.1, -0.05) is 19.9 Å². The minimum Gasteiger partial charge on any atom is -0.481 e. The number of ether oxygens (including phenoxy) is 1. The Balaban J connectivity index is 1.90. The third-order valence-electron chi connectivity index (χ3n) is 3.96. The van der Waals surface area contributed by atoms with E-state index in [9.17, 15) is 9.59 Å². The summed E-state index contributed by atoms with van der Waals surface area (Å²) in [5.41, 5.74) is 8.65. The van der Waals surface area contributed by atoms with Crippen molar-refractivity contribution in [3.05, 3.63) is 23.4 Å². The molecule has 1 aliphatic heterocycles. The van der Waals surface area contributed by atoms with Crippen LogP contribution in [0.25, 0.3) is 0 Å². The zero-order valence-corrected chi connectivity index (χ0v) is 16.1. The van der Waals surface area contributed by atoms with Crippen LogP contribution >= 0.6 is 12.6 Å². The number of rotatable bonds is 9. The predicted octanol–water partition coefficient (Wildman–Crippen LogP) is 2.36. The lowest BCUT2D eigenvalue weighted by Crippen LogP contribution is -2.41. The highest BCUT2D eigenvalue weighted by molar-refractivity contribution is 7.81.